The van der Waals surface area contributed by atoms with Crippen LogP contribution in [0.5, 0.6) is 0 Å². The predicted octanol–water partition coefficient (Wildman–Crippen LogP) is 4.30. The van der Waals surface area contributed by atoms with Gasteiger partial charge in [-0.3, -0.25) is 14.9 Å². The predicted molar refractivity (Wildman–Crippen MR) is 101 cm³/mol. The van der Waals surface area contributed by atoms with E-state index < -0.39 is 4.92 Å². The molecule has 6 nitrogen and oxygen atoms in total. The highest BCUT2D eigenvalue weighted by molar-refractivity contribution is 7.16. The number of carbonyl (C=O) groups excluding carboxylic acids is 1. The van der Waals surface area contributed by atoms with Crippen LogP contribution < -0.4 is 5.32 Å². The van der Waals surface area contributed by atoms with E-state index in [1.54, 1.807) is 12.1 Å². The molecule has 7 heteroatoms. The zero-order valence-electron chi connectivity index (χ0n) is 14.2. The van der Waals surface area contributed by atoms with Crippen molar-refractivity contribution in [1.29, 1.82) is 5.26 Å². The average molecular weight is 367 g/mol. The number of hydrogen-bond donors (Lipinski definition) is 1. The van der Waals surface area contributed by atoms with Crippen molar-refractivity contribution in [2.75, 3.05) is 5.32 Å². The maximum atomic E-state index is 12.2. The van der Waals surface area contributed by atoms with E-state index in [1.165, 1.54) is 40.5 Å². The van der Waals surface area contributed by atoms with E-state index in [0.717, 1.165) is 24.8 Å². The van der Waals surface area contributed by atoms with Crippen molar-refractivity contribution in [3.05, 3.63) is 62.0 Å². The summed E-state index contributed by atoms with van der Waals surface area (Å²) in [5, 5.41) is 23.6. The Morgan fingerprint density at radius 3 is 3.04 bits per heavy atom. The molecule has 1 aliphatic carbocycles. The highest BCUT2D eigenvalue weighted by Crippen LogP contribution is 2.39. The molecule has 26 heavy (non-hydrogen) atoms. The Balaban J connectivity index is 1.76. The molecule has 0 radical (unpaired) electrons. The number of benzene rings is 1. The van der Waals surface area contributed by atoms with Gasteiger partial charge in [-0.1, -0.05) is 19.1 Å². The number of nitrogens with one attached hydrogen (secondary N) is 1. The van der Waals surface area contributed by atoms with Crippen molar-refractivity contribution < 1.29 is 9.72 Å². The zero-order valence-corrected chi connectivity index (χ0v) is 15.0. The van der Waals surface area contributed by atoms with Gasteiger partial charge in [-0.25, -0.2) is 0 Å². The molecule has 1 atom stereocenters. The van der Waals surface area contributed by atoms with Crippen LogP contribution in [0.2, 0.25) is 0 Å². The van der Waals surface area contributed by atoms with E-state index in [-0.39, 0.29) is 11.6 Å². The van der Waals surface area contributed by atoms with Gasteiger partial charge >= 0.3 is 0 Å². The van der Waals surface area contributed by atoms with Crippen molar-refractivity contribution in [3.8, 4) is 6.07 Å². The fourth-order valence-corrected chi connectivity index (χ4v) is 4.39. The fraction of sp³-hybridized carbons (Fsp3) is 0.263. The van der Waals surface area contributed by atoms with E-state index in [4.69, 9.17) is 0 Å². The molecule has 0 saturated heterocycles. The number of amides is 1. The molecule has 2 aromatic rings. The molecule has 0 spiro atoms. The molecular weight excluding hydrogens is 350 g/mol. The topological polar surface area (TPSA) is 96.0 Å². The van der Waals surface area contributed by atoms with E-state index >= 15 is 0 Å². The molecule has 1 N–H and O–H groups in total. The smallest absolute Gasteiger partial charge is 0.270 e. The number of nitro groups is 1. The molecule has 132 valence electrons. The molecule has 1 aromatic carbocycles. The van der Waals surface area contributed by atoms with Gasteiger partial charge in [-0.2, -0.15) is 5.26 Å². The first-order valence-electron chi connectivity index (χ1n) is 8.26. The number of anilines is 1. The van der Waals surface area contributed by atoms with Gasteiger partial charge in [0.25, 0.3) is 5.69 Å². The fourth-order valence-electron chi connectivity index (χ4n) is 3.02. The molecule has 1 amide bonds. The third kappa shape index (κ3) is 3.81. The molecule has 3 rings (SSSR count). The second kappa shape index (κ2) is 7.50. The lowest BCUT2D eigenvalue weighted by atomic mass is 9.89. The Morgan fingerprint density at radius 2 is 2.31 bits per heavy atom. The van der Waals surface area contributed by atoms with Gasteiger partial charge in [-0.05, 0) is 42.4 Å². The van der Waals surface area contributed by atoms with Crippen molar-refractivity contribution in [1.82, 2.24) is 0 Å². The lowest BCUT2D eigenvalue weighted by Gasteiger charge is -2.17. The van der Waals surface area contributed by atoms with Crippen LogP contribution in [0.4, 0.5) is 10.7 Å². The van der Waals surface area contributed by atoms with Crippen LogP contribution in [0, 0.1) is 27.4 Å². The number of fused-ring (bicyclic) bond motifs is 1. The number of non-ortho nitro benzene ring substituents is 1. The van der Waals surface area contributed by atoms with Crippen LogP contribution in [-0.2, 0) is 17.6 Å². The van der Waals surface area contributed by atoms with Crippen LogP contribution in [0.15, 0.2) is 30.3 Å². The number of nitrogens with zero attached hydrogens (tertiary/aromatic N) is 2. The number of thiophene rings is 1. The normalized spacial score (nSPS) is 16.1. The summed E-state index contributed by atoms with van der Waals surface area (Å²) in [6.45, 7) is 2.19. The highest BCUT2D eigenvalue weighted by Gasteiger charge is 2.24. The summed E-state index contributed by atoms with van der Waals surface area (Å²) in [6.07, 6.45) is 5.70. The van der Waals surface area contributed by atoms with Crippen LogP contribution in [-0.4, -0.2) is 10.8 Å². The molecule has 0 saturated carbocycles. The number of hydrogen-bond acceptors (Lipinski definition) is 5. The van der Waals surface area contributed by atoms with Crippen molar-refractivity contribution in [3.63, 3.8) is 0 Å². The summed E-state index contributed by atoms with van der Waals surface area (Å²) >= 11 is 1.47. The monoisotopic (exact) mass is 367 g/mol. The summed E-state index contributed by atoms with van der Waals surface area (Å²) in [7, 11) is 0. The molecule has 0 fully saturated rings. The van der Waals surface area contributed by atoms with Crippen LogP contribution in [0.3, 0.4) is 0 Å². The Labute approximate surface area is 154 Å². The Morgan fingerprint density at radius 1 is 1.50 bits per heavy atom. The average Bonchev–Trinajstić information content (AvgIpc) is 2.96. The van der Waals surface area contributed by atoms with Gasteiger partial charge in [-0.15, -0.1) is 11.3 Å². The quantitative estimate of drug-likeness (QED) is 0.495. The van der Waals surface area contributed by atoms with Crippen LogP contribution >= 0.6 is 11.3 Å². The van der Waals surface area contributed by atoms with E-state index in [2.05, 4.69) is 18.3 Å². The van der Waals surface area contributed by atoms with Gasteiger partial charge in [0.2, 0.25) is 5.91 Å². The number of nitro benzene ring substituents is 1. The first-order valence-corrected chi connectivity index (χ1v) is 9.07. The van der Waals surface area contributed by atoms with Gasteiger partial charge in [0.1, 0.15) is 11.1 Å². The molecule has 0 unspecified atom stereocenters. The van der Waals surface area contributed by atoms with E-state index in [0.29, 0.717) is 22.0 Å². The minimum Gasteiger partial charge on any atom is -0.313 e. The lowest BCUT2D eigenvalue weighted by molar-refractivity contribution is -0.384. The third-order valence-corrected chi connectivity index (χ3v) is 5.54. The second-order valence-electron chi connectivity index (χ2n) is 6.34. The SMILES string of the molecule is C[C@H]1CCc2c(sc(NC(=O)/C=C/c3cccc([N+](=O)[O-])c3)c2C#N)C1. The molecule has 0 aliphatic heterocycles. The highest BCUT2D eigenvalue weighted by atomic mass is 32.1. The largest absolute Gasteiger partial charge is 0.313 e. The molecule has 1 aliphatic rings. The zero-order chi connectivity index (χ0) is 18.7. The van der Waals surface area contributed by atoms with Crippen LogP contribution in [0.25, 0.3) is 6.08 Å². The standard InChI is InChI=1S/C19H17N3O3S/c1-12-5-7-15-16(11-20)19(26-17(15)9-12)21-18(23)8-6-13-3-2-4-14(10-13)22(24)25/h2-4,6,8,10,12H,5,7,9H2,1H3,(H,21,23)/b8-6+/t12-/m0/s1. The Bertz CT molecular complexity index is 940. The maximum Gasteiger partial charge on any atom is 0.270 e. The van der Waals surface area contributed by atoms with Gasteiger partial charge in [0.15, 0.2) is 0 Å². The first-order chi connectivity index (χ1) is 12.5. The maximum absolute atomic E-state index is 12.2. The van der Waals surface area contributed by atoms with E-state index in [1.807, 2.05) is 0 Å². The van der Waals surface area contributed by atoms with Gasteiger partial charge in [0, 0.05) is 23.1 Å². The summed E-state index contributed by atoms with van der Waals surface area (Å²) in [4.78, 5) is 23.7. The molecule has 1 aromatic heterocycles. The molecule has 1 heterocycles. The lowest BCUT2D eigenvalue weighted by Crippen LogP contribution is -2.10. The van der Waals surface area contributed by atoms with Gasteiger partial charge in [0.05, 0.1) is 10.5 Å². The number of carbonyl (C=O) groups is 1. The summed E-state index contributed by atoms with van der Waals surface area (Å²) in [6, 6.07) is 8.26. The Hall–Kier alpha value is -2.98. The van der Waals surface area contributed by atoms with E-state index in [9.17, 15) is 20.2 Å². The second-order valence-corrected chi connectivity index (χ2v) is 7.45. The minimum absolute atomic E-state index is 0.0284. The number of nitriles is 1. The minimum atomic E-state index is -0.478. The first kappa shape index (κ1) is 17.8. The van der Waals surface area contributed by atoms with Crippen molar-refractivity contribution in [2.45, 2.75) is 26.2 Å². The Kier molecular flexibility index (Phi) is 5.14. The third-order valence-electron chi connectivity index (χ3n) is 4.37. The van der Waals surface area contributed by atoms with Gasteiger partial charge < -0.3 is 5.32 Å². The number of rotatable bonds is 4. The molecule has 0 bridgehead atoms. The summed E-state index contributed by atoms with van der Waals surface area (Å²) < 4.78 is 0. The summed E-state index contributed by atoms with van der Waals surface area (Å²) in [5.74, 6) is 0.227. The van der Waals surface area contributed by atoms with Crippen molar-refractivity contribution in [2.24, 2.45) is 5.92 Å². The molecular formula is C19H17N3O3S. The summed E-state index contributed by atoms with van der Waals surface area (Å²) in [5.41, 5.74) is 2.16. The van der Waals surface area contributed by atoms with Crippen LogP contribution in [0.1, 0.15) is 34.9 Å². The van der Waals surface area contributed by atoms with Crippen molar-refractivity contribution >= 4 is 34.0 Å².